The summed E-state index contributed by atoms with van der Waals surface area (Å²) in [7, 11) is 0. The topological polar surface area (TPSA) is 49.5 Å². The van der Waals surface area contributed by atoms with Gasteiger partial charge in [0.15, 0.2) is 0 Å². The van der Waals surface area contributed by atoms with Crippen LogP contribution in [0.1, 0.15) is 18.4 Å². The second kappa shape index (κ2) is 2.64. The van der Waals surface area contributed by atoms with Gasteiger partial charge in [0.1, 0.15) is 5.75 Å². The van der Waals surface area contributed by atoms with Crippen LogP contribution in [0.4, 0.5) is 5.69 Å². The minimum atomic E-state index is 0.142. The van der Waals surface area contributed by atoms with Gasteiger partial charge in [-0.2, -0.15) is 0 Å². The summed E-state index contributed by atoms with van der Waals surface area (Å²) in [5, 5.41) is 9.44. The summed E-state index contributed by atoms with van der Waals surface area (Å²) in [6, 6.07) is 6.17. The molecule has 3 rings (SSSR count). The molecule has 1 aromatic carbocycles. The molecule has 0 radical (unpaired) electrons. The smallest absolute Gasteiger partial charge is 0.117 e. The zero-order valence-electron chi connectivity index (χ0n) is 7.98. The number of nitrogens with zero attached hydrogens (tertiary/aromatic N) is 1. The van der Waals surface area contributed by atoms with Gasteiger partial charge in [0.25, 0.3) is 0 Å². The van der Waals surface area contributed by atoms with Crippen LogP contribution in [-0.4, -0.2) is 17.3 Å². The van der Waals surface area contributed by atoms with Crippen LogP contribution in [0.3, 0.4) is 0 Å². The zero-order chi connectivity index (χ0) is 9.71. The summed E-state index contributed by atoms with van der Waals surface area (Å²) in [6.45, 7) is 0. The molecular weight excluding hydrogens is 176 g/mol. The molecule has 3 nitrogen and oxygen atoms in total. The van der Waals surface area contributed by atoms with Crippen molar-refractivity contribution in [2.45, 2.75) is 31.5 Å². The number of phenolic OH excluding ortho intramolecular Hbond substituents is 1. The van der Waals surface area contributed by atoms with Crippen molar-refractivity contribution in [1.82, 2.24) is 0 Å². The van der Waals surface area contributed by atoms with E-state index in [4.69, 9.17) is 5.73 Å². The van der Waals surface area contributed by atoms with Gasteiger partial charge in [-0.05, 0) is 30.9 Å². The third kappa shape index (κ3) is 0.960. The summed E-state index contributed by atoms with van der Waals surface area (Å²) in [6.07, 6.45) is 3.47. The van der Waals surface area contributed by atoms with E-state index in [0.717, 1.165) is 18.5 Å². The van der Waals surface area contributed by atoms with Crippen molar-refractivity contribution in [3.8, 4) is 5.75 Å². The fraction of sp³-hybridized carbons (Fsp3) is 0.455. The number of fused-ring (bicyclic) bond motifs is 3. The van der Waals surface area contributed by atoms with Crippen molar-refractivity contribution < 1.29 is 5.11 Å². The number of rotatable bonds is 0. The molecule has 1 aromatic rings. The van der Waals surface area contributed by atoms with Crippen LogP contribution >= 0.6 is 0 Å². The molecule has 0 spiro atoms. The van der Waals surface area contributed by atoms with Crippen molar-refractivity contribution >= 4 is 5.69 Å². The predicted octanol–water partition coefficient (Wildman–Crippen LogP) is 1.20. The minimum absolute atomic E-state index is 0.142. The van der Waals surface area contributed by atoms with Crippen molar-refractivity contribution in [3.05, 3.63) is 23.8 Å². The van der Waals surface area contributed by atoms with E-state index < -0.39 is 0 Å². The molecule has 0 amide bonds. The Hall–Kier alpha value is -1.22. The number of aromatic hydroxyl groups is 1. The lowest BCUT2D eigenvalue weighted by molar-refractivity contribution is 0.475. The maximum absolute atomic E-state index is 9.44. The number of hydrogen-bond acceptors (Lipinski definition) is 3. The van der Waals surface area contributed by atoms with Crippen LogP contribution in [0.25, 0.3) is 0 Å². The van der Waals surface area contributed by atoms with E-state index in [0.29, 0.717) is 11.8 Å². The van der Waals surface area contributed by atoms with Gasteiger partial charge >= 0.3 is 0 Å². The van der Waals surface area contributed by atoms with Gasteiger partial charge in [-0.3, -0.25) is 0 Å². The van der Waals surface area contributed by atoms with E-state index in [9.17, 15) is 5.11 Å². The van der Waals surface area contributed by atoms with Gasteiger partial charge in [0.05, 0.1) is 6.17 Å². The molecule has 3 N–H and O–H groups in total. The van der Waals surface area contributed by atoms with Crippen LogP contribution < -0.4 is 10.6 Å². The second-order valence-corrected chi connectivity index (χ2v) is 4.22. The van der Waals surface area contributed by atoms with Gasteiger partial charge in [-0.1, -0.05) is 6.07 Å². The molecule has 2 heterocycles. The summed E-state index contributed by atoms with van der Waals surface area (Å²) in [5.74, 6) is 0.337. The predicted molar refractivity (Wildman–Crippen MR) is 55.3 cm³/mol. The van der Waals surface area contributed by atoms with Crippen molar-refractivity contribution in [3.63, 3.8) is 0 Å². The van der Waals surface area contributed by atoms with Crippen molar-refractivity contribution in [2.24, 2.45) is 5.73 Å². The molecule has 2 aliphatic heterocycles. The lowest BCUT2D eigenvalue weighted by Crippen LogP contribution is -2.38. The molecule has 0 aliphatic carbocycles. The maximum atomic E-state index is 9.44. The van der Waals surface area contributed by atoms with E-state index in [1.54, 1.807) is 6.07 Å². The molecule has 2 atom stereocenters. The Morgan fingerprint density at radius 3 is 3.07 bits per heavy atom. The number of anilines is 1. The first kappa shape index (κ1) is 8.12. The van der Waals surface area contributed by atoms with Gasteiger partial charge in [0, 0.05) is 17.8 Å². The summed E-state index contributed by atoms with van der Waals surface area (Å²) >= 11 is 0. The minimum Gasteiger partial charge on any atom is -0.508 e. The Labute approximate surface area is 83.1 Å². The molecule has 1 saturated heterocycles. The summed E-state index contributed by atoms with van der Waals surface area (Å²) in [4.78, 5) is 2.26. The normalized spacial score (nSPS) is 29.1. The van der Waals surface area contributed by atoms with Crippen LogP contribution in [-0.2, 0) is 6.42 Å². The molecule has 1 fully saturated rings. The van der Waals surface area contributed by atoms with Crippen LogP contribution in [0.15, 0.2) is 18.2 Å². The second-order valence-electron chi connectivity index (χ2n) is 4.22. The fourth-order valence-corrected chi connectivity index (χ4v) is 2.71. The average Bonchev–Trinajstić information content (AvgIpc) is 2.67. The molecule has 0 saturated carbocycles. The number of hydrogen-bond donors (Lipinski definition) is 2. The van der Waals surface area contributed by atoms with Crippen LogP contribution in [0.5, 0.6) is 5.75 Å². The third-order valence-corrected chi connectivity index (χ3v) is 3.35. The third-order valence-electron chi connectivity index (χ3n) is 3.35. The molecule has 14 heavy (non-hydrogen) atoms. The number of phenols is 1. The van der Waals surface area contributed by atoms with E-state index >= 15 is 0 Å². The fourth-order valence-electron chi connectivity index (χ4n) is 2.71. The monoisotopic (exact) mass is 190 g/mol. The maximum Gasteiger partial charge on any atom is 0.117 e. The highest BCUT2D eigenvalue weighted by molar-refractivity contribution is 5.63. The average molecular weight is 190 g/mol. The van der Waals surface area contributed by atoms with Crippen LogP contribution in [0.2, 0.25) is 0 Å². The molecular formula is C11H14N2O. The largest absolute Gasteiger partial charge is 0.508 e. The number of nitrogens with two attached hydrogens (primary N) is 1. The Bertz CT molecular complexity index is 378. The lowest BCUT2D eigenvalue weighted by Gasteiger charge is -2.24. The molecule has 2 unspecified atom stereocenters. The first-order valence-electron chi connectivity index (χ1n) is 5.11. The van der Waals surface area contributed by atoms with Gasteiger partial charge in [-0.25, -0.2) is 0 Å². The van der Waals surface area contributed by atoms with Gasteiger partial charge in [0.2, 0.25) is 0 Å². The van der Waals surface area contributed by atoms with Crippen molar-refractivity contribution in [2.75, 3.05) is 4.90 Å². The number of benzene rings is 1. The highest BCUT2D eigenvalue weighted by Gasteiger charge is 2.37. The van der Waals surface area contributed by atoms with Crippen molar-refractivity contribution in [1.29, 1.82) is 0 Å². The van der Waals surface area contributed by atoms with Gasteiger partial charge in [-0.15, -0.1) is 0 Å². The Balaban J connectivity index is 2.09. The van der Waals surface area contributed by atoms with E-state index in [-0.39, 0.29) is 6.17 Å². The standard InChI is InChI=1S/C11H14N2O/c12-11-4-2-8-5-7-1-3-9(14)6-10(7)13(8)11/h1,3,6,8,11,14H,2,4-5,12H2. The molecule has 74 valence electrons. The zero-order valence-corrected chi connectivity index (χ0v) is 7.98. The molecule has 0 aromatic heterocycles. The van der Waals surface area contributed by atoms with E-state index in [2.05, 4.69) is 4.90 Å². The molecule has 3 heteroatoms. The van der Waals surface area contributed by atoms with E-state index in [1.165, 1.54) is 12.0 Å². The quantitative estimate of drug-likeness (QED) is 0.646. The Kier molecular flexibility index (Phi) is 1.53. The highest BCUT2D eigenvalue weighted by Crippen LogP contribution is 2.40. The first-order chi connectivity index (χ1) is 6.75. The summed E-state index contributed by atoms with van der Waals surface area (Å²) in [5.41, 5.74) is 8.49. The Morgan fingerprint density at radius 1 is 1.36 bits per heavy atom. The summed E-state index contributed by atoms with van der Waals surface area (Å²) < 4.78 is 0. The first-order valence-corrected chi connectivity index (χ1v) is 5.11. The van der Waals surface area contributed by atoms with Crippen LogP contribution in [0, 0.1) is 0 Å². The highest BCUT2D eigenvalue weighted by atomic mass is 16.3. The van der Waals surface area contributed by atoms with Gasteiger partial charge < -0.3 is 15.7 Å². The van der Waals surface area contributed by atoms with E-state index in [1.807, 2.05) is 12.1 Å². The SMILES string of the molecule is NC1CCC2Cc3ccc(O)cc3N12. The molecule has 2 aliphatic rings. The Morgan fingerprint density at radius 2 is 2.21 bits per heavy atom. The lowest BCUT2D eigenvalue weighted by atomic mass is 10.1. The molecule has 0 bridgehead atoms.